The van der Waals surface area contributed by atoms with Gasteiger partial charge in [-0.25, -0.2) is 0 Å². The zero-order valence-corrected chi connectivity index (χ0v) is 13.3. The molecule has 3 heteroatoms. The minimum Gasteiger partial charge on any atom is -0.490 e. The maximum absolute atomic E-state index is 9.36. The van der Waals surface area contributed by atoms with Crippen molar-refractivity contribution >= 4 is 0 Å². The van der Waals surface area contributed by atoms with E-state index in [-0.39, 0.29) is 6.10 Å². The predicted molar refractivity (Wildman–Crippen MR) is 82.9 cm³/mol. The average Bonchev–Trinajstić information content (AvgIpc) is 2.40. The molecule has 1 rings (SSSR count). The summed E-state index contributed by atoms with van der Waals surface area (Å²) in [6.07, 6.45) is 1.67. The van der Waals surface area contributed by atoms with Crippen molar-refractivity contribution in [2.24, 2.45) is 0 Å². The van der Waals surface area contributed by atoms with E-state index in [2.05, 4.69) is 43.4 Å². The molecule has 20 heavy (non-hydrogen) atoms. The molecule has 1 aromatic carbocycles. The largest absolute Gasteiger partial charge is 0.490 e. The highest BCUT2D eigenvalue weighted by molar-refractivity contribution is 5.36. The maximum atomic E-state index is 9.36. The average molecular weight is 274 g/mol. The summed E-state index contributed by atoms with van der Waals surface area (Å²) in [5, 5.41) is 12.7. The van der Waals surface area contributed by atoms with E-state index in [0.29, 0.717) is 6.42 Å². The van der Waals surface area contributed by atoms with E-state index in [0.717, 1.165) is 24.3 Å². The number of nitriles is 1. The third-order valence-electron chi connectivity index (χ3n) is 3.38. The second-order valence-electron chi connectivity index (χ2n) is 5.77. The molecule has 0 heterocycles. The van der Waals surface area contributed by atoms with Crippen LogP contribution in [0.15, 0.2) is 18.2 Å². The number of nitrogens with zero attached hydrogens (tertiary/aromatic N) is 1. The summed E-state index contributed by atoms with van der Waals surface area (Å²) in [4.78, 5) is 0. The van der Waals surface area contributed by atoms with Gasteiger partial charge in [-0.2, -0.15) is 5.26 Å². The summed E-state index contributed by atoms with van der Waals surface area (Å²) < 4.78 is 6.01. The summed E-state index contributed by atoms with van der Waals surface area (Å²) in [5.74, 6) is 0.910. The van der Waals surface area contributed by atoms with Gasteiger partial charge >= 0.3 is 0 Å². The Kier molecular flexibility index (Phi) is 6.04. The molecule has 0 aromatic heterocycles. The Morgan fingerprint density at radius 1 is 1.40 bits per heavy atom. The monoisotopic (exact) mass is 274 g/mol. The van der Waals surface area contributed by atoms with E-state index >= 15 is 0 Å². The molecule has 0 radical (unpaired) electrons. The molecule has 0 aliphatic rings. The number of aryl methyl sites for hydroxylation is 2. The highest BCUT2D eigenvalue weighted by atomic mass is 16.5. The van der Waals surface area contributed by atoms with E-state index in [1.807, 2.05) is 20.8 Å². The van der Waals surface area contributed by atoms with E-state index in [9.17, 15) is 5.26 Å². The lowest BCUT2D eigenvalue weighted by atomic mass is 9.96. The Hall–Kier alpha value is -1.53. The molecule has 2 unspecified atom stereocenters. The lowest BCUT2D eigenvalue weighted by Gasteiger charge is -2.27. The molecule has 0 amide bonds. The molecule has 1 aromatic rings. The number of benzene rings is 1. The molecule has 0 aliphatic heterocycles. The maximum Gasteiger partial charge on any atom is 0.122 e. The fraction of sp³-hybridized carbons (Fsp3) is 0.588. The van der Waals surface area contributed by atoms with Crippen molar-refractivity contribution in [2.45, 2.75) is 59.1 Å². The minimum absolute atomic E-state index is 0.00972. The van der Waals surface area contributed by atoms with Gasteiger partial charge in [0.05, 0.1) is 12.2 Å². The minimum atomic E-state index is -0.535. The molecule has 0 saturated carbocycles. The van der Waals surface area contributed by atoms with Crippen LogP contribution >= 0.6 is 0 Å². The summed E-state index contributed by atoms with van der Waals surface area (Å²) in [6.45, 7) is 11.0. The fourth-order valence-corrected chi connectivity index (χ4v) is 2.23. The van der Waals surface area contributed by atoms with Crippen LogP contribution in [-0.4, -0.2) is 18.2 Å². The number of ether oxygens (including phenoxy) is 1. The van der Waals surface area contributed by atoms with Crippen molar-refractivity contribution in [3.8, 4) is 11.8 Å². The zero-order chi connectivity index (χ0) is 15.2. The number of nitrogens with one attached hydrogen (secondary N) is 1. The van der Waals surface area contributed by atoms with Crippen LogP contribution in [0.4, 0.5) is 0 Å². The van der Waals surface area contributed by atoms with E-state index < -0.39 is 5.54 Å². The smallest absolute Gasteiger partial charge is 0.122 e. The first kappa shape index (κ1) is 16.5. The second kappa shape index (κ2) is 7.31. The van der Waals surface area contributed by atoms with E-state index in [1.54, 1.807) is 0 Å². The van der Waals surface area contributed by atoms with Gasteiger partial charge in [0, 0.05) is 6.42 Å². The molecule has 3 nitrogen and oxygen atoms in total. The quantitative estimate of drug-likeness (QED) is 0.823. The van der Waals surface area contributed by atoms with Crippen molar-refractivity contribution in [3.05, 3.63) is 29.3 Å². The first-order valence-electron chi connectivity index (χ1n) is 7.30. The molecule has 0 spiro atoms. The normalized spacial score (nSPS) is 15.2. The molecule has 0 saturated heterocycles. The van der Waals surface area contributed by atoms with Gasteiger partial charge in [0.2, 0.25) is 0 Å². The molecule has 0 aliphatic carbocycles. The highest BCUT2D eigenvalue weighted by Crippen LogP contribution is 2.23. The van der Waals surface area contributed by atoms with Gasteiger partial charge in [-0.05, 0) is 57.9 Å². The van der Waals surface area contributed by atoms with Gasteiger partial charge in [0.15, 0.2) is 0 Å². The van der Waals surface area contributed by atoms with Crippen LogP contribution in [0.5, 0.6) is 5.75 Å². The highest BCUT2D eigenvalue weighted by Gasteiger charge is 2.26. The Bertz CT molecular complexity index is 478. The molecular weight excluding hydrogens is 248 g/mol. The van der Waals surface area contributed by atoms with Crippen LogP contribution in [0.1, 0.15) is 44.7 Å². The lowest BCUT2D eigenvalue weighted by molar-refractivity contribution is 0.178. The molecule has 110 valence electrons. The molecule has 0 fully saturated rings. The third kappa shape index (κ3) is 4.86. The van der Waals surface area contributed by atoms with E-state index in [4.69, 9.17) is 4.74 Å². The predicted octanol–water partition coefficient (Wildman–Crippen LogP) is 3.74. The second-order valence-corrected chi connectivity index (χ2v) is 5.77. The fourth-order valence-electron chi connectivity index (χ4n) is 2.23. The zero-order valence-electron chi connectivity index (χ0n) is 13.3. The van der Waals surface area contributed by atoms with Crippen molar-refractivity contribution in [1.82, 2.24) is 5.32 Å². The van der Waals surface area contributed by atoms with Gasteiger partial charge in [0.25, 0.3) is 0 Å². The van der Waals surface area contributed by atoms with Crippen LogP contribution in [0.25, 0.3) is 0 Å². The first-order valence-corrected chi connectivity index (χ1v) is 7.30. The lowest BCUT2D eigenvalue weighted by Crippen LogP contribution is -2.44. The van der Waals surface area contributed by atoms with Crippen LogP contribution in [0, 0.1) is 25.2 Å². The molecule has 0 bridgehead atoms. The first-order chi connectivity index (χ1) is 9.40. The van der Waals surface area contributed by atoms with Crippen LogP contribution in [-0.2, 0) is 0 Å². The van der Waals surface area contributed by atoms with Crippen molar-refractivity contribution in [1.29, 1.82) is 5.26 Å². The summed E-state index contributed by atoms with van der Waals surface area (Å²) >= 11 is 0. The topological polar surface area (TPSA) is 45.0 Å². The Labute approximate surface area is 123 Å². The molecule has 2 atom stereocenters. The number of rotatable bonds is 7. The van der Waals surface area contributed by atoms with E-state index in [1.165, 1.54) is 5.56 Å². The number of hydrogen-bond donors (Lipinski definition) is 1. The Balaban J connectivity index is 2.69. The van der Waals surface area contributed by atoms with Crippen LogP contribution in [0.3, 0.4) is 0 Å². The van der Waals surface area contributed by atoms with Crippen LogP contribution in [0.2, 0.25) is 0 Å². The Morgan fingerprint density at radius 2 is 2.10 bits per heavy atom. The SMILES string of the molecule is CCCNC(C)(C#N)CC(C)Oc1cc(C)ccc1C. The van der Waals surface area contributed by atoms with Gasteiger partial charge < -0.3 is 4.74 Å². The van der Waals surface area contributed by atoms with Crippen molar-refractivity contribution < 1.29 is 4.74 Å². The van der Waals surface area contributed by atoms with Gasteiger partial charge in [0.1, 0.15) is 11.3 Å². The standard InChI is InChI=1S/C17H26N2O/c1-6-9-19-17(5,12-18)11-15(4)20-16-10-13(2)7-8-14(16)3/h7-8,10,15,19H,6,9,11H2,1-5H3. The third-order valence-corrected chi connectivity index (χ3v) is 3.38. The van der Waals surface area contributed by atoms with Crippen molar-refractivity contribution in [3.63, 3.8) is 0 Å². The summed E-state index contributed by atoms with van der Waals surface area (Å²) in [7, 11) is 0. The Morgan fingerprint density at radius 3 is 2.70 bits per heavy atom. The van der Waals surface area contributed by atoms with Crippen molar-refractivity contribution in [2.75, 3.05) is 6.54 Å². The summed E-state index contributed by atoms with van der Waals surface area (Å²) in [6, 6.07) is 8.56. The van der Waals surface area contributed by atoms with Gasteiger partial charge in [-0.15, -0.1) is 0 Å². The number of hydrogen-bond acceptors (Lipinski definition) is 3. The van der Waals surface area contributed by atoms with Crippen LogP contribution < -0.4 is 10.1 Å². The molecular formula is C17H26N2O. The summed E-state index contributed by atoms with van der Waals surface area (Å²) in [5.41, 5.74) is 1.78. The molecule has 1 N–H and O–H groups in total. The van der Waals surface area contributed by atoms with Gasteiger partial charge in [-0.3, -0.25) is 5.32 Å². The van der Waals surface area contributed by atoms with Gasteiger partial charge in [-0.1, -0.05) is 19.1 Å².